The number of benzene rings is 1. The van der Waals surface area contributed by atoms with Crippen molar-refractivity contribution < 1.29 is 9.53 Å². The third-order valence-corrected chi connectivity index (χ3v) is 4.73. The largest absolute Gasteiger partial charge is 0.496 e. The van der Waals surface area contributed by atoms with Gasteiger partial charge in [0.2, 0.25) is 5.91 Å². The lowest BCUT2D eigenvalue weighted by atomic mass is 9.93. The average molecular weight is 339 g/mol. The van der Waals surface area contributed by atoms with Gasteiger partial charge in [0.25, 0.3) is 0 Å². The number of carbonyl (C=O) groups excluding carboxylic acids is 1. The van der Waals surface area contributed by atoms with Crippen LogP contribution in [0.15, 0.2) is 42.1 Å². The Morgan fingerprint density at radius 3 is 3.04 bits per heavy atom. The second-order valence-corrected chi connectivity index (χ2v) is 6.60. The number of hydrogen-bond donors (Lipinski definition) is 1. The number of hydrogen-bond acceptors (Lipinski definition) is 3. The van der Waals surface area contributed by atoms with E-state index in [1.807, 2.05) is 49.1 Å². The van der Waals surface area contributed by atoms with Crippen LogP contribution in [0.2, 0.25) is 0 Å². The van der Waals surface area contributed by atoms with Crippen LogP contribution in [0, 0.1) is 0 Å². The average Bonchev–Trinajstić information content (AvgIpc) is 2.97. The van der Waals surface area contributed by atoms with Gasteiger partial charge in [0, 0.05) is 24.4 Å². The number of allylic oxidation sites excluding steroid dienone is 1. The molecule has 1 heterocycles. The van der Waals surface area contributed by atoms with Crippen LogP contribution in [0.25, 0.3) is 0 Å². The first kappa shape index (κ1) is 17.3. The Morgan fingerprint density at radius 2 is 2.24 bits per heavy atom. The van der Waals surface area contributed by atoms with Crippen molar-refractivity contribution in [3.8, 4) is 5.75 Å². The van der Waals surface area contributed by atoms with Gasteiger partial charge < -0.3 is 10.1 Å². The molecule has 1 aliphatic rings. The molecule has 1 amide bonds. The van der Waals surface area contributed by atoms with Gasteiger partial charge >= 0.3 is 0 Å². The number of methoxy groups -OCH3 is 1. The molecule has 25 heavy (non-hydrogen) atoms. The van der Waals surface area contributed by atoms with Crippen molar-refractivity contribution in [3.05, 3.63) is 58.9 Å². The zero-order valence-electron chi connectivity index (χ0n) is 15.1. The maximum atomic E-state index is 12.4. The fourth-order valence-corrected chi connectivity index (χ4v) is 3.49. The molecule has 0 radical (unpaired) electrons. The van der Waals surface area contributed by atoms with Gasteiger partial charge in [-0.15, -0.1) is 0 Å². The molecular formula is C20H25N3O2. The van der Waals surface area contributed by atoms with Gasteiger partial charge in [0.05, 0.1) is 19.3 Å². The number of nitrogens with zero attached hydrogens (tertiary/aromatic N) is 2. The number of para-hydroxylation sites is 1. The minimum absolute atomic E-state index is 0.0471. The molecule has 132 valence electrons. The molecule has 0 saturated carbocycles. The van der Waals surface area contributed by atoms with Gasteiger partial charge in [-0.05, 0) is 44.2 Å². The van der Waals surface area contributed by atoms with Gasteiger partial charge in [-0.1, -0.05) is 23.8 Å². The molecule has 0 bridgehead atoms. The highest BCUT2D eigenvalue weighted by atomic mass is 16.5. The topological polar surface area (TPSA) is 56.1 Å². The minimum Gasteiger partial charge on any atom is -0.496 e. The van der Waals surface area contributed by atoms with Crippen LogP contribution in [0.1, 0.15) is 42.6 Å². The van der Waals surface area contributed by atoms with E-state index in [9.17, 15) is 4.79 Å². The zero-order valence-corrected chi connectivity index (χ0v) is 15.1. The number of ether oxygens (including phenoxy) is 1. The van der Waals surface area contributed by atoms with Crippen molar-refractivity contribution in [2.75, 3.05) is 7.11 Å². The summed E-state index contributed by atoms with van der Waals surface area (Å²) in [6.07, 6.45) is 7.33. The van der Waals surface area contributed by atoms with Crippen molar-refractivity contribution in [2.45, 2.75) is 38.6 Å². The van der Waals surface area contributed by atoms with E-state index in [1.54, 1.807) is 13.2 Å². The summed E-state index contributed by atoms with van der Waals surface area (Å²) < 4.78 is 7.29. The summed E-state index contributed by atoms with van der Waals surface area (Å²) in [5, 5.41) is 7.46. The van der Waals surface area contributed by atoms with Gasteiger partial charge in [-0.3, -0.25) is 9.48 Å². The monoisotopic (exact) mass is 339 g/mol. The Hall–Kier alpha value is -2.56. The Labute approximate surface area is 148 Å². The molecule has 1 aromatic carbocycles. The van der Waals surface area contributed by atoms with Crippen LogP contribution in [0.5, 0.6) is 5.75 Å². The number of carbonyl (C=O) groups is 1. The number of fused-ring (bicyclic) bond motifs is 1. The second-order valence-electron chi connectivity index (χ2n) is 6.60. The molecule has 0 spiro atoms. The van der Waals surface area contributed by atoms with Crippen molar-refractivity contribution >= 4 is 5.91 Å². The molecule has 0 unspecified atom stereocenters. The smallest absolute Gasteiger partial charge is 0.244 e. The Morgan fingerprint density at radius 1 is 1.44 bits per heavy atom. The van der Waals surface area contributed by atoms with E-state index >= 15 is 0 Å². The molecule has 5 heteroatoms. The summed E-state index contributed by atoms with van der Waals surface area (Å²) in [5.41, 5.74) is 4.46. The van der Waals surface area contributed by atoms with Gasteiger partial charge in [0.1, 0.15) is 5.75 Å². The standard InChI is InChI=1S/C20H25N3O2/c1-14(11-15-7-4-5-10-19(15)25-3)12-20(24)22-17-8-6-9-18-16(17)13-21-23(18)2/h4-5,7,10,12-13,17H,6,8-9,11H2,1-3H3,(H,22,24)/b14-12-/t17-/m0/s1. The molecule has 1 aliphatic carbocycles. The minimum atomic E-state index is -0.0471. The Balaban J connectivity index is 1.67. The van der Waals surface area contributed by atoms with E-state index in [0.717, 1.165) is 41.7 Å². The lowest BCUT2D eigenvalue weighted by Gasteiger charge is -2.23. The molecule has 0 aliphatic heterocycles. The zero-order chi connectivity index (χ0) is 17.8. The van der Waals surface area contributed by atoms with Crippen molar-refractivity contribution in [1.29, 1.82) is 0 Å². The molecule has 0 saturated heterocycles. The van der Waals surface area contributed by atoms with Crippen LogP contribution in [0.3, 0.4) is 0 Å². The summed E-state index contributed by atoms with van der Waals surface area (Å²) in [4.78, 5) is 12.4. The maximum Gasteiger partial charge on any atom is 0.244 e. The lowest BCUT2D eigenvalue weighted by molar-refractivity contribution is -0.117. The van der Waals surface area contributed by atoms with Crippen molar-refractivity contribution in [3.63, 3.8) is 0 Å². The van der Waals surface area contributed by atoms with Crippen LogP contribution >= 0.6 is 0 Å². The van der Waals surface area contributed by atoms with E-state index in [1.165, 1.54) is 5.69 Å². The van der Waals surface area contributed by atoms with Gasteiger partial charge in [0.15, 0.2) is 0 Å². The molecular weight excluding hydrogens is 314 g/mol. The predicted molar refractivity (Wildman–Crippen MR) is 97.5 cm³/mol. The highest BCUT2D eigenvalue weighted by Crippen LogP contribution is 2.29. The SMILES string of the molecule is COc1ccccc1C/C(C)=C\C(=O)N[C@H]1CCCc2c1cnn2C. The van der Waals surface area contributed by atoms with Crippen LogP contribution in [-0.4, -0.2) is 22.8 Å². The first-order chi connectivity index (χ1) is 12.1. The number of rotatable bonds is 5. The van der Waals surface area contributed by atoms with Crippen LogP contribution in [-0.2, 0) is 24.7 Å². The third-order valence-electron chi connectivity index (χ3n) is 4.73. The Kier molecular flexibility index (Phi) is 5.22. The van der Waals surface area contributed by atoms with Gasteiger partial charge in [-0.2, -0.15) is 5.10 Å². The van der Waals surface area contributed by atoms with Gasteiger partial charge in [-0.25, -0.2) is 0 Å². The molecule has 5 nitrogen and oxygen atoms in total. The van der Waals surface area contributed by atoms with E-state index < -0.39 is 0 Å². The highest BCUT2D eigenvalue weighted by molar-refractivity contribution is 5.88. The first-order valence-corrected chi connectivity index (χ1v) is 8.69. The number of aryl methyl sites for hydroxylation is 1. The fraction of sp³-hybridized carbons (Fsp3) is 0.400. The third kappa shape index (κ3) is 3.92. The van der Waals surface area contributed by atoms with Crippen molar-refractivity contribution in [2.24, 2.45) is 7.05 Å². The number of nitrogens with one attached hydrogen (secondary N) is 1. The summed E-state index contributed by atoms with van der Waals surface area (Å²) in [6, 6.07) is 7.95. The predicted octanol–water partition coefficient (Wildman–Crippen LogP) is 3.11. The second kappa shape index (κ2) is 7.55. The molecule has 2 aromatic rings. The van der Waals surface area contributed by atoms with E-state index in [0.29, 0.717) is 6.42 Å². The summed E-state index contributed by atoms with van der Waals surface area (Å²) >= 11 is 0. The Bertz CT molecular complexity index is 792. The lowest BCUT2D eigenvalue weighted by Crippen LogP contribution is -2.29. The molecule has 3 rings (SSSR count). The van der Waals surface area contributed by atoms with Crippen LogP contribution in [0.4, 0.5) is 0 Å². The van der Waals surface area contributed by atoms with E-state index in [4.69, 9.17) is 4.74 Å². The molecule has 1 aromatic heterocycles. The highest BCUT2D eigenvalue weighted by Gasteiger charge is 2.24. The number of amides is 1. The molecule has 1 atom stereocenters. The fourth-order valence-electron chi connectivity index (χ4n) is 3.49. The summed E-state index contributed by atoms with van der Waals surface area (Å²) in [7, 11) is 3.62. The molecule has 0 fully saturated rings. The summed E-state index contributed by atoms with van der Waals surface area (Å²) in [5.74, 6) is 0.803. The number of aromatic nitrogens is 2. The quantitative estimate of drug-likeness (QED) is 0.852. The first-order valence-electron chi connectivity index (χ1n) is 8.69. The van der Waals surface area contributed by atoms with Crippen LogP contribution < -0.4 is 10.1 Å². The maximum absolute atomic E-state index is 12.4. The van der Waals surface area contributed by atoms with Crippen molar-refractivity contribution in [1.82, 2.24) is 15.1 Å². The van der Waals surface area contributed by atoms with E-state index in [-0.39, 0.29) is 11.9 Å². The molecule has 1 N–H and O–H groups in total. The normalized spacial score (nSPS) is 17.1. The summed E-state index contributed by atoms with van der Waals surface area (Å²) in [6.45, 7) is 1.97. The van der Waals surface area contributed by atoms with E-state index in [2.05, 4.69) is 10.4 Å².